The van der Waals surface area contributed by atoms with Gasteiger partial charge in [0.05, 0.1) is 11.2 Å². The number of hydrogen-bond acceptors (Lipinski definition) is 5. The molecular weight excluding hydrogens is 474 g/mol. The predicted octanol–water partition coefficient (Wildman–Crippen LogP) is 6.51. The smallest absolute Gasteiger partial charge is 0.268 e. The fourth-order valence-corrected chi connectivity index (χ4v) is 4.83. The molecule has 0 saturated heterocycles. The normalized spacial score (nSPS) is 16.8. The number of carbonyl (C=O) groups is 1. The number of fused-ring (bicyclic) bond motifs is 2. The molecular formula is C29H28ClN3O3. The van der Waals surface area contributed by atoms with E-state index in [9.17, 15) is 4.79 Å². The van der Waals surface area contributed by atoms with Crippen molar-refractivity contribution in [1.82, 2.24) is 9.97 Å². The maximum Gasteiger partial charge on any atom is 0.268 e. The van der Waals surface area contributed by atoms with Gasteiger partial charge in [-0.1, -0.05) is 23.7 Å². The summed E-state index contributed by atoms with van der Waals surface area (Å²) in [5, 5.41) is 4.65. The molecule has 4 aromatic rings. The zero-order valence-electron chi connectivity index (χ0n) is 20.8. The Morgan fingerprint density at radius 1 is 1.08 bits per heavy atom. The first-order valence-electron chi connectivity index (χ1n) is 12.0. The van der Waals surface area contributed by atoms with Crippen LogP contribution in [-0.4, -0.2) is 21.5 Å². The Kier molecular flexibility index (Phi) is 6.31. The summed E-state index contributed by atoms with van der Waals surface area (Å²) < 4.78 is 12.7. The molecule has 0 bridgehead atoms. The van der Waals surface area contributed by atoms with Gasteiger partial charge < -0.3 is 14.8 Å². The van der Waals surface area contributed by atoms with Gasteiger partial charge in [0, 0.05) is 40.5 Å². The van der Waals surface area contributed by atoms with Crippen LogP contribution < -0.4 is 14.8 Å². The van der Waals surface area contributed by atoms with Gasteiger partial charge in [-0.2, -0.15) is 0 Å². The van der Waals surface area contributed by atoms with E-state index in [2.05, 4.69) is 17.2 Å². The molecule has 184 valence electrons. The van der Waals surface area contributed by atoms with Crippen molar-refractivity contribution in [3.8, 4) is 11.5 Å². The number of ether oxygens (including phenoxy) is 2. The number of anilines is 1. The second kappa shape index (κ2) is 9.43. The third-order valence-electron chi connectivity index (χ3n) is 6.99. The molecule has 2 aromatic carbocycles. The first kappa shape index (κ1) is 24.1. The molecule has 1 atom stereocenters. The molecule has 1 aliphatic rings. The number of halogens is 1. The molecule has 6 nitrogen and oxygen atoms in total. The molecule has 0 aliphatic carbocycles. The molecule has 0 radical (unpaired) electrons. The molecule has 1 N–H and O–H groups in total. The quantitative estimate of drug-likeness (QED) is 0.337. The lowest BCUT2D eigenvalue weighted by Gasteiger charge is -2.37. The summed E-state index contributed by atoms with van der Waals surface area (Å²) in [7, 11) is 0. The van der Waals surface area contributed by atoms with Crippen molar-refractivity contribution in [3.05, 3.63) is 87.8 Å². The zero-order valence-corrected chi connectivity index (χ0v) is 21.6. The SMILES string of the molecule is Cc1c(C)c2c(c(C)c1OCc1ccc3ccc(Cl)cc3n1)CCC(C)(C(=O)Nc1ccncc1)O2. The molecule has 1 amide bonds. The average molecular weight is 502 g/mol. The molecule has 0 fully saturated rings. The molecule has 36 heavy (non-hydrogen) atoms. The Morgan fingerprint density at radius 2 is 1.83 bits per heavy atom. The minimum atomic E-state index is -0.974. The van der Waals surface area contributed by atoms with Gasteiger partial charge in [-0.3, -0.25) is 9.78 Å². The van der Waals surface area contributed by atoms with E-state index in [4.69, 9.17) is 26.1 Å². The van der Waals surface area contributed by atoms with Crippen LogP contribution in [0.15, 0.2) is 54.9 Å². The Labute approximate surface area is 215 Å². The summed E-state index contributed by atoms with van der Waals surface area (Å²) >= 11 is 6.14. The zero-order chi connectivity index (χ0) is 25.4. The monoisotopic (exact) mass is 501 g/mol. The Bertz CT molecular complexity index is 1470. The molecule has 1 aliphatic heterocycles. The van der Waals surface area contributed by atoms with E-state index in [-0.39, 0.29) is 5.91 Å². The third kappa shape index (κ3) is 4.49. The second-order valence-electron chi connectivity index (χ2n) is 9.46. The lowest BCUT2D eigenvalue weighted by Crippen LogP contribution is -2.48. The molecule has 1 unspecified atom stereocenters. The van der Waals surface area contributed by atoms with Crippen LogP contribution in [0.25, 0.3) is 10.9 Å². The maximum atomic E-state index is 13.1. The van der Waals surface area contributed by atoms with Gasteiger partial charge in [-0.05, 0) is 81.1 Å². The first-order chi connectivity index (χ1) is 17.2. The Balaban J connectivity index is 1.38. The van der Waals surface area contributed by atoms with Crippen LogP contribution in [0.5, 0.6) is 11.5 Å². The van der Waals surface area contributed by atoms with E-state index in [1.165, 1.54) is 0 Å². The van der Waals surface area contributed by atoms with Crippen LogP contribution in [0.4, 0.5) is 5.69 Å². The van der Waals surface area contributed by atoms with Crippen molar-refractivity contribution in [2.75, 3.05) is 5.32 Å². The van der Waals surface area contributed by atoms with Crippen LogP contribution in [0.3, 0.4) is 0 Å². The lowest BCUT2D eigenvalue weighted by atomic mass is 9.86. The van der Waals surface area contributed by atoms with E-state index in [0.29, 0.717) is 30.2 Å². The highest BCUT2D eigenvalue weighted by molar-refractivity contribution is 6.31. The van der Waals surface area contributed by atoms with Crippen LogP contribution in [0, 0.1) is 20.8 Å². The molecule has 0 spiro atoms. The highest BCUT2D eigenvalue weighted by Gasteiger charge is 2.41. The lowest BCUT2D eigenvalue weighted by molar-refractivity contribution is -0.131. The summed E-state index contributed by atoms with van der Waals surface area (Å²) in [6.45, 7) is 8.28. The number of carbonyl (C=O) groups excluding carboxylic acids is 1. The number of hydrogen-bond donors (Lipinski definition) is 1. The topological polar surface area (TPSA) is 73.3 Å². The van der Waals surface area contributed by atoms with Crippen molar-refractivity contribution in [3.63, 3.8) is 0 Å². The number of rotatable bonds is 5. The molecule has 7 heteroatoms. The van der Waals surface area contributed by atoms with Crippen LogP contribution >= 0.6 is 11.6 Å². The number of pyridine rings is 2. The summed E-state index contributed by atoms with van der Waals surface area (Å²) in [4.78, 5) is 21.8. The minimum Gasteiger partial charge on any atom is -0.487 e. The average Bonchev–Trinajstić information content (AvgIpc) is 2.87. The summed E-state index contributed by atoms with van der Waals surface area (Å²) in [5.41, 5.74) is 5.49. The van der Waals surface area contributed by atoms with Crippen LogP contribution in [0.2, 0.25) is 5.02 Å². The number of amides is 1. The predicted molar refractivity (Wildman–Crippen MR) is 142 cm³/mol. The van der Waals surface area contributed by atoms with E-state index in [1.807, 2.05) is 51.1 Å². The van der Waals surface area contributed by atoms with E-state index < -0.39 is 5.60 Å². The third-order valence-corrected chi connectivity index (χ3v) is 7.22. The largest absolute Gasteiger partial charge is 0.487 e. The molecule has 0 saturated carbocycles. The Morgan fingerprint density at radius 3 is 2.61 bits per heavy atom. The minimum absolute atomic E-state index is 0.170. The fourth-order valence-electron chi connectivity index (χ4n) is 4.67. The van der Waals surface area contributed by atoms with Gasteiger partial charge >= 0.3 is 0 Å². The van der Waals surface area contributed by atoms with Gasteiger partial charge in [0.15, 0.2) is 5.60 Å². The van der Waals surface area contributed by atoms with Gasteiger partial charge in [0.2, 0.25) is 0 Å². The standard InChI is InChI=1S/C29H28ClN3O3/c1-17-18(2)27-24(9-12-29(4,36-27)28(34)33-22-10-13-31-14-11-22)19(3)26(17)35-16-23-8-6-20-5-7-21(30)15-25(20)32-23/h5-8,10-11,13-15H,9,12,16H2,1-4H3,(H,31,33,34). The highest BCUT2D eigenvalue weighted by atomic mass is 35.5. The van der Waals surface area contributed by atoms with Gasteiger partial charge in [-0.15, -0.1) is 0 Å². The van der Waals surface area contributed by atoms with Crippen molar-refractivity contribution >= 4 is 34.1 Å². The highest BCUT2D eigenvalue weighted by Crippen LogP contribution is 2.44. The van der Waals surface area contributed by atoms with E-state index in [1.54, 1.807) is 24.5 Å². The van der Waals surface area contributed by atoms with E-state index in [0.717, 1.165) is 50.3 Å². The van der Waals surface area contributed by atoms with E-state index >= 15 is 0 Å². The summed E-state index contributed by atoms with van der Waals surface area (Å²) in [6, 6.07) is 13.2. The number of benzene rings is 2. The van der Waals surface area contributed by atoms with Gasteiger partial charge in [0.1, 0.15) is 18.1 Å². The molecule has 3 heterocycles. The number of aromatic nitrogens is 2. The second-order valence-corrected chi connectivity index (χ2v) is 9.90. The molecule has 5 rings (SSSR count). The molecule has 2 aromatic heterocycles. The van der Waals surface area contributed by atoms with Crippen molar-refractivity contribution in [2.45, 2.75) is 52.7 Å². The summed E-state index contributed by atoms with van der Waals surface area (Å²) in [5.74, 6) is 1.44. The number of nitrogens with one attached hydrogen (secondary N) is 1. The Hall–Kier alpha value is -3.64. The van der Waals surface area contributed by atoms with Crippen LogP contribution in [0.1, 0.15) is 41.3 Å². The van der Waals surface area contributed by atoms with Gasteiger partial charge in [-0.25, -0.2) is 4.98 Å². The van der Waals surface area contributed by atoms with Gasteiger partial charge in [0.25, 0.3) is 5.91 Å². The first-order valence-corrected chi connectivity index (χ1v) is 12.3. The van der Waals surface area contributed by atoms with Crippen molar-refractivity contribution < 1.29 is 14.3 Å². The van der Waals surface area contributed by atoms with Crippen LogP contribution in [-0.2, 0) is 17.8 Å². The fraction of sp³-hybridized carbons (Fsp3) is 0.276. The van der Waals surface area contributed by atoms with Crippen molar-refractivity contribution in [1.29, 1.82) is 0 Å². The maximum absolute atomic E-state index is 13.1. The van der Waals surface area contributed by atoms with Crippen molar-refractivity contribution in [2.24, 2.45) is 0 Å². The number of nitrogens with zero attached hydrogens (tertiary/aromatic N) is 2. The summed E-state index contributed by atoms with van der Waals surface area (Å²) in [6.07, 6.45) is 4.57.